The molecule has 1 fully saturated rings. The number of thiophene rings is 1. The minimum Gasteiger partial charge on any atom is -0.347 e. The van der Waals surface area contributed by atoms with Crippen LogP contribution in [0.5, 0.6) is 0 Å². The summed E-state index contributed by atoms with van der Waals surface area (Å²) in [4.78, 5) is 13.0. The molecule has 1 heterocycles. The summed E-state index contributed by atoms with van der Waals surface area (Å²) in [5.41, 5.74) is 6.88. The van der Waals surface area contributed by atoms with Gasteiger partial charge in [0.25, 0.3) is 5.91 Å². The van der Waals surface area contributed by atoms with E-state index in [0.717, 1.165) is 10.4 Å². The predicted molar refractivity (Wildman–Crippen MR) is 83.2 cm³/mol. The Bertz CT molecular complexity index is 402. The molecule has 0 aromatic carbocycles. The molecule has 0 saturated heterocycles. The van der Waals surface area contributed by atoms with E-state index >= 15 is 0 Å². The number of rotatable bonds is 4. The van der Waals surface area contributed by atoms with Crippen molar-refractivity contribution in [3.8, 4) is 0 Å². The zero-order valence-corrected chi connectivity index (χ0v) is 13.0. The maximum Gasteiger partial charge on any atom is 0.261 e. The lowest BCUT2D eigenvalue weighted by Gasteiger charge is -2.30. The van der Waals surface area contributed by atoms with Crippen molar-refractivity contribution in [2.24, 2.45) is 11.7 Å². The van der Waals surface area contributed by atoms with Gasteiger partial charge in [-0.15, -0.1) is 23.7 Å². The molecule has 3 N–H and O–H groups in total. The van der Waals surface area contributed by atoms with Crippen molar-refractivity contribution in [3.05, 3.63) is 21.9 Å². The smallest absolute Gasteiger partial charge is 0.261 e. The minimum absolute atomic E-state index is 0. The number of amides is 1. The van der Waals surface area contributed by atoms with Gasteiger partial charge in [-0.1, -0.05) is 19.3 Å². The molecule has 1 unspecified atom stereocenters. The molecule has 1 aliphatic carbocycles. The van der Waals surface area contributed by atoms with E-state index in [1.54, 1.807) is 0 Å². The molecule has 108 valence electrons. The van der Waals surface area contributed by atoms with Crippen LogP contribution in [0.1, 0.15) is 47.3 Å². The molecule has 1 amide bonds. The Morgan fingerprint density at radius 3 is 2.68 bits per heavy atom. The number of halogens is 1. The van der Waals surface area contributed by atoms with E-state index in [1.807, 2.05) is 18.4 Å². The predicted octanol–water partition coefficient (Wildman–Crippen LogP) is 3.12. The first-order valence-electron chi connectivity index (χ1n) is 6.77. The number of hydrogen-bond acceptors (Lipinski definition) is 3. The summed E-state index contributed by atoms with van der Waals surface area (Å²) in [5, 5.41) is 5.09. The van der Waals surface area contributed by atoms with Gasteiger partial charge in [-0.3, -0.25) is 4.79 Å². The summed E-state index contributed by atoms with van der Waals surface area (Å²) in [6.07, 6.45) is 6.27. The second kappa shape index (κ2) is 7.88. The lowest BCUT2D eigenvalue weighted by molar-refractivity contribution is 0.0919. The topological polar surface area (TPSA) is 55.1 Å². The van der Waals surface area contributed by atoms with Crippen molar-refractivity contribution < 1.29 is 4.79 Å². The van der Waals surface area contributed by atoms with Crippen LogP contribution in [0.15, 0.2) is 11.4 Å². The van der Waals surface area contributed by atoms with Gasteiger partial charge in [0.1, 0.15) is 0 Å². The molecule has 0 bridgehead atoms. The fourth-order valence-electron chi connectivity index (χ4n) is 2.75. The van der Waals surface area contributed by atoms with Crippen LogP contribution in [-0.2, 0) is 0 Å². The molecule has 1 atom stereocenters. The number of nitrogens with two attached hydrogens (primary N) is 1. The third kappa shape index (κ3) is 4.20. The van der Waals surface area contributed by atoms with E-state index in [1.165, 1.54) is 43.4 Å². The van der Waals surface area contributed by atoms with Gasteiger partial charge in [-0.2, -0.15) is 0 Å². The highest BCUT2D eigenvalue weighted by Gasteiger charge is 2.24. The Kier molecular flexibility index (Phi) is 6.83. The summed E-state index contributed by atoms with van der Waals surface area (Å²) in [6, 6.07) is 2.12. The zero-order valence-electron chi connectivity index (χ0n) is 11.4. The Morgan fingerprint density at radius 1 is 1.47 bits per heavy atom. The second-order valence-electron chi connectivity index (χ2n) is 5.15. The molecule has 5 heteroatoms. The van der Waals surface area contributed by atoms with Crippen LogP contribution < -0.4 is 11.1 Å². The van der Waals surface area contributed by atoms with Crippen molar-refractivity contribution in [1.82, 2.24) is 5.32 Å². The molecule has 19 heavy (non-hydrogen) atoms. The lowest BCUT2D eigenvalue weighted by atomic mass is 9.84. The Labute approximate surface area is 125 Å². The van der Waals surface area contributed by atoms with Gasteiger partial charge in [0.15, 0.2) is 0 Å². The molecule has 0 radical (unpaired) electrons. The van der Waals surface area contributed by atoms with Crippen LogP contribution >= 0.6 is 23.7 Å². The number of nitrogens with one attached hydrogen (secondary N) is 1. The van der Waals surface area contributed by atoms with Gasteiger partial charge >= 0.3 is 0 Å². The third-order valence-corrected chi connectivity index (χ3v) is 4.87. The molecule has 0 spiro atoms. The van der Waals surface area contributed by atoms with Crippen LogP contribution in [0, 0.1) is 12.8 Å². The van der Waals surface area contributed by atoms with Crippen molar-refractivity contribution in [1.29, 1.82) is 0 Å². The van der Waals surface area contributed by atoms with Gasteiger partial charge in [-0.05, 0) is 42.7 Å². The largest absolute Gasteiger partial charge is 0.347 e. The number of carbonyl (C=O) groups excluding carboxylic acids is 1. The summed E-state index contributed by atoms with van der Waals surface area (Å²) in [5.74, 6) is 0.608. The molecule has 2 rings (SSSR count). The average Bonchev–Trinajstić information content (AvgIpc) is 2.83. The highest BCUT2D eigenvalue weighted by Crippen LogP contribution is 2.26. The van der Waals surface area contributed by atoms with Crippen molar-refractivity contribution in [2.75, 3.05) is 6.54 Å². The first-order valence-corrected chi connectivity index (χ1v) is 7.65. The van der Waals surface area contributed by atoms with Crippen LogP contribution in [0.4, 0.5) is 0 Å². The van der Waals surface area contributed by atoms with Gasteiger partial charge < -0.3 is 11.1 Å². The van der Waals surface area contributed by atoms with E-state index in [9.17, 15) is 4.79 Å². The third-order valence-electron chi connectivity index (χ3n) is 3.86. The SMILES string of the molecule is Cc1ccsc1C(=O)NC(CN)C1CCCCC1.Cl. The summed E-state index contributed by atoms with van der Waals surface area (Å²) in [6.45, 7) is 2.52. The van der Waals surface area contributed by atoms with E-state index in [-0.39, 0.29) is 24.4 Å². The summed E-state index contributed by atoms with van der Waals surface area (Å²) in [7, 11) is 0. The van der Waals surface area contributed by atoms with Gasteiger partial charge in [0.2, 0.25) is 0 Å². The van der Waals surface area contributed by atoms with Crippen molar-refractivity contribution >= 4 is 29.7 Å². The van der Waals surface area contributed by atoms with Gasteiger partial charge in [0, 0.05) is 12.6 Å². The van der Waals surface area contributed by atoms with Gasteiger partial charge in [-0.25, -0.2) is 0 Å². The highest BCUT2D eigenvalue weighted by atomic mass is 35.5. The van der Waals surface area contributed by atoms with E-state index in [2.05, 4.69) is 5.32 Å². The normalized spacial score (nSPS) is 17.6. The highest BCUT2D eigenvalue weighted by molar-refractivity contribution is 7.12. The Morgan fingerprint density at radius 2 is 2.16 bits per heavy atom. The standard InChI is InChI=1S/C14H22N2OS.ClH/c1-10-7-8-18-13(10)14(17)16-12(9-15)11-5-3-2-4-6-11;/h7-8,11-12H,2-6,9,15H2,1H3,(H,16,17);1H. The first-order chi connectivity index (χ1) is 8.72. The monoisotopic (exact) mass is 302 g/mol. The van der Waals surface area contributed by atoms with Gasteiger partial charge in [0.05, 0.1) is 4.88 Å². The van der Waals surface area contributed by atoms with Crippen molar-refractivity contribution in [3.63, 3.8) is 0 Å². The van der Waals surface area contributed by atoms with E-state index in [4.69, 9.17) is 5.73 Å². The Hall–Kier alpha value is -0.580. The zero-order chi connectivity index (χ0) is 13.0. The summed E-state index contributed by atoms with van der Waals surface area (Å²) < 4.78 is 0. The lowest BCUT2D eigenvalue weighted by Crippen LogP contribution is -2.45. The molecular formula is C14H23ClN2OS. The molecule has 1 aliphatic rings. The molecular weight excluding hydrogens is 280 g/mol. The van der Waals surface area contributed by atoms with Crippen LogP contribution in [0.2, 0.25) is 0 Å². The molecule has 0 aliphatic heterocycles. The molecule has 1 aromatic heterocycles. The minimum atomic E-state index is 0. The first kappa shape index (κ1) is 16.5. The fourth-order valence-corrected chi connectivity index (χ4v) is 3.57. The molecule has 3 nitrogen and oxygen atoms in total. The number of hydrogen-bond donors (Lipinski definition) is 2. The van der Waals surface area contributed by atoms with Crippen LogP contribution in [-0.4, -0.2) is 18.5 Å². The fraction of sp³-hybridized carbons (Fsp3) is 0.643. The van der Waals surface area contributed by atoms with Crippen molar-refractivity contribution in [2.45, 2.75) is 45.1 Å². The van der Waals surface area contributed by atoms with Crippen LogP contribution in [0.3, 0.4) is 0 Å². The molecule has 1 saturated carbocycles. The Balaban J connectivity index is 0.00000180. The summed E-state index contributed by atoms with van der Waals surface area (Å²) >= 11 is 1.50. The average molecular weight is 303 g/mol. The van der Waals surface area contributed by atoms with E-state index < -0.39 is 0 Å². The van der Waals surface area contributed by atoms with Crippen LogP contribution in [0.25, 0.3) is 0 Å². The quantitative estimate of drug-likeness (QED) is 0.898. The maximum absolute atomic E-state index is 12.2. The maximum atomic E-state index is 12.2. The number of aryl methyl sites for hydroxylation is 1. The second-order valence-corrected chi connectivity index (χ2v) is 6.06. The number of carbonyl (C=O) groups is 1. The van der Waals surface area contributed by atoms with E-state index in [0.29, 0.717) is 12.5 Å². The molecule has 1 aromatic rings.